The second-order valence-electron chi connectivity index (χ2n) is 2.76. The minimum absolute atomic E-state index is 0.0941. The highest BCUT2D eigenvalue weighted by Gasteiger charge is 2.12. The molecule has 0 aliphatic heterocycles. The Morgan fingerprint density at radius 1 is 1.29 bits per heavy atom. The van der Waals surface area contributed by atoms with Crippen molar-refractivity contribution in [2.24, 2.45) is 0 Å². The maximum Gasteiger partial charge on any atom is 0.310 e. The van der Waals surface area contributed by atoms with Gasteiger partial charge in [0, 0.05) is 4.88 Å². The summed E-state index contributed by atoms with van der Waals surface area (Å²) < 4.78 is 0. The van der Waals surface area contributed by atoms with Gasteiger partial charge >= 0.3 is 11.9 Å². The number of rotatable bonds is 4. The van der Waals surface area contributed by atoms with Crippen LogP contribution in [0.25, 0.3) is 0 Å². The lowest BCUT2D eigenvalue weighted by molar-refractivity contribution is -0.137. The lowest BCUT2D eigenvalue weighted by Gasteiger charge is -1.89. The Kier molecular flexibility index (Phi) is 3.19. The number of carbonyl (C=O) groups is 2. The molecular formula is C8H9NO4S. The van der Waals surface area contributed by atoms with Crippen molar-refractivity contribution < 1.29 is 19.8 Å². The molecule has 0 unspecified atom stereocenters. The normalized spacial score (nSPS) is 10.1. The zero-order chi connectivity index (χ0) is 10.7. The fraction of sp³-hybridized carbons (Fsp3) is 0.375. The molecule has 0 radical (unpaired) electrons. The van der Waals surface area contributed by atoms with Crippen LogP contribution in [-0.2, 0) is 22.4 Å². The van der Waals surface area contributed by atoms with E-state index in [1.807, 2.05) is 0 Å². The zero-order valence-corrected chi connectivity index (χ0v) is 8.30. The first-order valence-corrected chi connectivity index (χ1v) is 4.69. The Labute approximate surface area is 84.0 Å². The molecule has 0 amide bonds. The predicted octanol–water partition coefficient (Wildman–Crippen LogP) is 0.706. The summed E-state index contributed by atoms with van der Waals surface area (Å²) in [7, 11) is 0. The third-order valence-electron chi connectivity index (χ3n) is 1.55. The molecule has 14 heavy (non-hydrogen) atoms. The predicted molar refractivity (Wildman–Crippen MR) is 49.5 cm³/mol. The van der Waals surface area contributed by atoms with E-state index in [0.717, 1.165) is 11.3 Å². The molecule has 0 saturated carbocycles. The maximum absolute atomic E-state index is 10.4. The molecule has 6 heteroatoms. The summed E-state index contributed by atoms with van der Waals surface area (Å²) >= 11 is 1.14. The van der Waals surface area contributed by atoms with E-state index in [1.54, 1.807) is 6.92 Å². The van der Waals surface area contributed by atoms with Gasteiger partial charge in [0.1, 0.15) is 5.01 Å². The van der Waals surface area contributed by atoms with E-state index in [0.29, 0.717) is 15.6 Å². The fourth-order valence-electron chi connectivity index (χ4n) is 0.995. The number of aryl methyl sites for hydroxylation is 1. The fourth-order valence-corrected chi connectivity index (χ4v) is 2.05. The van der Waals surface area contributed by atoms with Crippen molar-refractivity contribution in [3.8, 4) is 0 Å². The van der Waals surface area contributed by atoms with Gasteiger partial charge in [-0.25, -0.2) is 4.98 Å². The highest BCUT2D eigenvalue weighted by atomic mass is 32.1. The summed E-state index contributed by atoms with van der Waals surface area (Å²) in [4.78, 5) is 25.4. The second-order valence-corrected chi connectivity index (χ2v) is 3.93. The van der Waals surface area contributed by atoms with Crippen molar-refractivity contribution in [3.05, 3.63) is 15.6 Å². The SMILES string of the molecule is Cc1nc(CC(=O)O)sc1CC(=O)O. The molecule has 1 heterocycles. The number of hydrogen-bond acceptors (Lipinski definition) is 4. The highest BCUT2D eigenvalue weighted by Crippen LogP contribution is 2.19. The maximum atomic E-state index is 10.4. The van der Waals surface area contributed by atoms with E-state index in [-0.39, 0.29) is 12.8 Å². The number of aliphatic carboxylic acids is 2. The number of thiazole rings is 1. The first kappa shape index (κ1) is 10.6. The molecule has 0 bridgehead atoms. The summed E-state index contributed by atoms with van der Waals surface area (Å²) in [5.41, 5.74) is 0.605. The molecule has 1 aromatic rings. The minimum Gasteiger partial charge on any atom is -0.481 e. The number of carboxylic acids is 2. The Bertz CT molecular complexity index is 371. The third-order valence-corrected chi connectivity index (χ3v) is 2.71. The third kappa shape index (κ3) is 2.81. The topological polar surface area (TPSA) is 87.5 Å². The van der Waals surface area contributed by atoms with Crippen LogP contribution in [0.3, 0.4) is 0 Å². The van der Waals surface area contributed by atoms with Crippen molar-refractivity contribution in [3.63, 3.8) is 0 Å². The van der Waals surface area contributed by atoms with Gasteiger partial charge in [0.15, 0.2) is 0 Å². The van der Waals surface area contributed by atoms with Gasteiger partial charge in [0.05, 0.1) is 18.5 Å². The summed E-state index contributed by atoms with van der Waals surface area (Å²) in [5, 5.41) is 17.5. The van der Waals surface area contributed by atoms with Gasteiger partial charge < -0.3 is 10.2 Å². The van der Waals surface area contributed by atoms with Crippen LogP contribution in [0.5, 0.6) is 0 Å². The van der Waals surface area contributed by atoms with Gasteiger partial charge in [-0.05, 0) is 6.92 Å². The lowest BCUT2D eigenvalue weighted by atomic mass is 10.3. The van der Waals surface area contributed by atoms with E-state index < -0.39 is 11.9 Å². The summed E-state index contributed by atoms with van der Waals surface area (Å²) in [6.07, 6.45) is -0.242. The van der Waals surface area contributed by atoms with E-state index in [4.69, 9.17) is 10.2 Å². The number of aromatic nitrogens is 1. The van der Waals surface area contributed by atoms with Crippen LogP contribution in [0.15, 0.2) is 0 Å². The standard InChI is InChI=1S/C8H9NO4S/c1-4-5(2-7(10)11)14-6(9-4)3-8(12)13/h2-3H2,1H3,(H,10,11)(H,12,13). The summed E-state index contributed by atoms with van der Waals surface area (Å²) in [6.45, 7) is 1.68. The Balaban J connectivity index is 2.81. The van der Waals surface area contributed by atoms with Crippen molar-refractivity contribution in [2.75, 3.05) is 0 Å². The van der Waals surface area contributed by atoms with Crippen LogP contribution in [0.2, 0.25) is 0 Å². The van der Waals surface area contributed by atoms with E-state index >= 15 is 0 Å². The van der Waals surface area contributed by atoms with E-state index in [9.17, 15) is 9.59 Å². The number of carboxylic acid groups (broad SMARTS) is 2. The van der Waals surface area contributed by atoms with E-state index in [1.165, 1.54) is 0 Å². The first-order valence-electron chi connectivity index (χ1n) is 3.88. The zero-order valence-electron chi connectivity index (χ0n) is 7.48. The molecular weight excluding hydrogens is 206 g/mol. The van der Waals surface area contributed by atoms with Crippen LogP contribution < -0.4 is 0 Å². The van der Waals surface area contributed by atoms with Gasteiger partial charge in [0.2, 0.25) is 0 Å². The van der Waals surface area contributed by atoms with Gasteiger partial charge in [-0.3, -0.25) is 9.59 Å². The van der Waals surface area contributed by atoms with Crippen LogP contribution >= 0.6 is 11.3 Å². The van der Waals surface area contributed by atoms with Crippen LogP contribution in [0.1, 0.15) is 15.6 Å². The number of nitrogens with zero attached hydrogens (tertiary/aromatic N) is 1. The molecule has 0 aliphatic rings. The highest BCUT2D eigenvalue weighted by molar-refractivity contribution is 7.11. The molecule has 2 N–H and O–H groups in total. The minimum atomic E-state index is -0.958. The first-order chi connectivity index (χ1) is 6.49. The van der Waals surface area contributed by atoms with E-state index in [2.05, 4.69) is 4.98 Å². The Morgan fingerprint density at radius 2 is 1.86 bits per heavy atom. The van der Waals surface area contributed by atoms with Crippen LogP contribution in [-0.4, -0.2) is 27.1 Å². The van der Waals surface area contributed by atoms with Gasteiger partial charge in [0.25, 0.3) is 0 Å². The quantitative estimate of drug-likeness (QED) is 0.772. The molecule has 0 fully saturated rings. The molecule has 5 nitrogen and oxygen atoms in total. The number of hydrogen-bond donors (Lipinski definition) is 2. The van der Waals surface area contributed by atoms with Crippen LogP contribution in [0, 0.1) is 6.92 Å². The molecule has 0 atom stereocenters. The Hall–Kier alpha value is -1.43. The van der Waals surface area contributed by atoms with Gasteiger partial charge in [-0.15, -0.1) is 11.3 Å². The largest absolute Gasteiger partial charge is 0.481 e. The molecule has 76 valence electrons. The van der Waals surface area contributed by atoms with Crippen LogP contribution in [0.4, 0.5) is 0 Å². The summed E-state index contributed by atoms with van der Waals surface area (Å²) in [5.74, 6) is -1.89. The molecule has 0 saturated heterocycles. The van der Waals surface area contributed by atoms with Crippen molar-refractivity contribution in [1.82, 2.24) is 4.98 Å². The molecule has 1 rings (SSSR count). The molecule has 1 aromatic heterocycles. The van der Waals surface area contributed by atoms with Gasteiger partial charge in [-0.1, -0.05) is 0 Å². The average molecular weight is 215 g/mol. The van der Waals surface area contributed by atoms with Crippen molar-refractivity contribution >= 4 is 23.3 Å². The molecule has 0 aromatic carbocycles. The van der Waals surface area contributed by atoms with Gasteiger partial charge in [-0.2, -0.15) is 0 Å². The van der Waals surface area contributed by atoms with Crippen molar-refractivity contribution in [1.29, 1.82) is 0 Å². The average Bonchev–Trinajstić information content (AvgIpc) is 2.28. The second kappa shape index (κ2) is 4.19. The lowest BCUT2D eigenvalue weighted by Crippen LogP contribution is -1.99. The van der Waals surface area contributed by atoms with Crippen molar-refractivity contribution in [2.45, 2.75) is 19.8 Å². The summed E-state index contributed by atoms with van der Waals surface area (Å²) in [6, 6.07) is 0. The Morgan fingerprint density at radius 3 is 2.36 bits per heavy atom. The molecule has 0 spiro atoms. The monoisotopic (exact) mass is 215 g/mol. The molecule has 0 aliphatic carbocycles. The smallest absolute Gasteiger partial charge is 0.310 e.